The quantitative estimate of drug-likeness (QED) is 0.873. The van der Waals surface area contributed by atoms with Gasteiger partial charge in [-0.25, -0.2) is 4.39 Å². The van der Waals surface area contributed by atoms with E-state index in [2.05, 4.69) is 0 Å². The first kappa shape index (κ1) is 12.4. The average molecular weight is 238 g/mol. The van der Waals surface area contributed by atoms with Crippen LogP contribution in [0.15, 0.2) is 24.3 Å². The lowest BCUT2D eigenvalue weighted by Crippen LogP contribution is -2.29. The Hall–Kier alpha value is -1.09. The summed E-state index contributed by atoms with van der Waals surface area (Å²) in [5.41, 5.74) is 0. The van der Waals surface area contributed by atoms with Gasteiger partial charge in [0.05, 0.1) is 6.10 Å². The second-order valence-electron chi connectivity index (χ2n) is 4.71. The monoisotopic (exact) mass is 238 g/mol. The number of ether oxygens (including phenoxy) is 1. The van der Waals surface area contributed by atoms with E-state index in [-0.39, 0.29) is 18.2 Å². The van der Waals surface area contributed by atoms with Crippen molar-refractivity contribution < 1.29 is 14.2 Å². The van der Waals surface area contributed by atoms with Crippen LogP contribution in [-0.2, 0) is 0 Å². The Balaban J connectivity index is 1.83. The van der Waals surface area contributed by atoms with Crippen LogP contribution in [-0.4, -0.2) is 17.8 Å². The minimum atomic E-state index is -0.477. The predicted octanol–water partition coefficient (Wildman–Crippen LogP) is 3.15. The van der Waals surface area contributed by atoms with Crippen LogP contribution in [0.1, 0.15) is 32.1 Å². The van der Waals surface area contributed by atoms with E-state index < -0.39 is 6.10 Å². The van der Waals surface area contributed by atoms with Crippen LogP contribution in [0.25, 0.3) is 0 Å². The maximum atomic E-state index is 13.3. The summed E-state index contributed by atoms with van der Waals surface area (Å²) in [5.74, 6) is 0.168. The number of benzene rings is 1. The molecule has 1 aromatic carbocycles. The molecule has 0 heterocycles. The number of hydrogen-bond acceptors (Lipinski definition) is 2. The maximum absolute atomic E-state index is 13.3. The molecule has 94 valence electrons. The molecule has 1 unspecified atom stereocenters. The molecule has 17 heavy (non-hydrogen) atoms. The van der Waals surface area contributed by atoms with Gasteiger partial charge in [-0.15, -0.1) is 0 Å². The lowest BCUT2D eigenvalue weighted by Gasteiger charge is -2.26. The van der Waals surface area contributed by atoms with Crippen molar-refractivity contribution in [2.24, 2.45) is 5.92 Å². The average Bonchev–Trinajstić information content (AvgIpc) is 2.38. The number of rotatable bonds is 4. The van der Waals surface area contributed by atoms with Crippen molar-refractivity contribution >= 4 is 0 Å². The van der Waals surface area contributed by atoms with Gasteiger partial charge < -0.3 is 9.84 Å². The minimum Gasteiger partial charge on any atom is -0.488 e. The molecule has 2 rings (SSSR count). The summed E-state index contributed by atoms with van der Waals surface area (Å²) in [7, 11) is 0. The summed E-state index contributed by atoms with van der Waals surface area (Å²) in [5, 5.41) is 9.98. The first-order valence-corrected chi connectivity index (χ1v) is 6.33. The highest BCUT2D eigenvalue weighted by Crippen LogP contribution is 2.27. The maximum Gasteiger partial charge on any atom is 0.165 e. The zero-order valence-corrected chi connectivity index (χ0v) is 9.94. The Morgan fingerprint density at radius 2 is 1.94 bits per heavy atom. The van der Waals surface area contributed by atoms with Crippen molar-refractivity contribution in [3.63, 3.8) is 0 Å². The van der Waals surface area contributed by atoms with Gasteiger partial charge in [0.25, 0.3) is 0 Å². The molecule has 2 nitrogen and oxygen atoms in total. The minimum absolute atomic E-state index is 0.186. The molecule has 1 aliphatic carbocycles. The van der Waals surface area contributed by atoms with E-state index in [1.807, 2.05) is 0 Å². The van der Waals surface area contributed by atoms with Crippen molar-refractivity contribution in [1.29, 1.82) is 0 Å². The van der Waals surface area contributed by atoms with Crippen molar-refractivity contribution in [3.05, 3.63) is 30.1 Å². The highest BCUT2D eigenvalue weighted by atomic mass is 19.1. The molecular weight excluding hydrogens is 219 g/mol. The molecule has 1 N–H and O–H groups in total. The Bertz CT molecular complexity index is 348. The van der Waals surface area contributed by atoms with E-state index in [4.69, 9.17) is 4.74 Å². The molecule has 0 aromatic heterocycles. The van der Waals surface area contributed by atoms with Crippen molar-refractivity contribution in [2.75, 3.05) is 6.61 Å². The van der Waals surface area contributed by atoms with E-state index in [0.717, 1.165) is 12.8 Å². The zero-order valence-electron chi connectivity index (χ0n) is 9.94. The van der Waals surface area contributed by atoms with Crippen LogP contribution in [0.3, 0.4) is 0 Å². The molecule has 1 fully saturated rings. The van der Waals surface area contributed by atoms with E-state index in [0.29, 0.717) is 5.92 Å². The molecule has 1 aliphatic rings. The lowest BCUT2D eigenvalue weighted by molar-refractivity contribution is 0.0401. The topological polar surface area (TPSA) is 29.5 Å². The second-order valence-corrected chi connectivity index (χ2v) is 4.71. The molecule has 3 heteroatoms. The summed E-state index contributed by atoms with van der Waals surface area (Å²) >= 11 is 0. The van der Waals surface area contributed by atoms with Crippen LogP contribution in [0.2, 0.25) is 0 Å². The number of hydrogen-bond donors (Lipinski definition) is 1. The van der Waals surface area contributed by atoms with Gasteiger partial charge in [0.1, 0.15) is 6.61 Å². The van der Waals surface area contributed by atoms with Crippen LogP contribution >= 0.6 is 0 Å². The standard InChI is InChI=1S/C14H19FO2/c15-12-8-4-5-9-14(12)17-10-13(16)11-6-2-1-3-7-11/h4-5,8-9,11,13,16H,1-3,6-7,10H2. The summed E-state index contributed by atoms with van der Waals surface area (Å²) < 4.78 is 18.6. The van der Waals surface area contributed by atoms with Crippen LogP contribution < -0.4 is 4.74 Å². The summed E-state index contributed by atoms with van der Waals surface area (Å²) in [6.45, 7) is 0.186. The largest absolute Gasteiger partial charge is 0.488 e. The molecule has 0 aliphatic heterocycles. The van der Waals surface area contributed by atoms with E-state index >= 15 is 0 Å². The van der Waals surface area contributed by atoms with Gasteiger partial charge in [0, 0.05) is 0 Å². The predicted molar refractivity (Wildman–Crippen MR) is 64.5 cm³/mol. The smallest absolute Gasteiger partial charge is 0.165 e. The van der Waals surface area contributed by atoms with Crippen LogP contribution in [0.4, 0.5) is 4.39 Å². The normalized spacial score (nSPS) is 18.9. The third-order valence-electron chi connectivity index (χ3n) is 3.44. The SMILES string of the molecule is OC(COc1ccccc1F)C1CCCCC1. The number of aliphatic hydroxyl groups excluding tert-OH is 1. The van der Waals surface area contributed by atoms with Crippen LogP contribution in [0, 0.1) is 11.7 Å². The first-order valence-electron chi connectivity index (χ1n) is 6.33. The fraction of sp³-hybridized carbons (Fsp3) is 0.571. The Morgan fingerprint density at radius 3 is 2.65 bits per heavy atom. The van der Waals surface area contributed by atoms with E-state index in [9.17, 15) is 9.50 Å². The lowest BCUT2D eigenvalue weighted by atomic mass is 9.85. The van der Waals surface area contributed by atoms with Gasteiger partial charge in [0.15, 0.2) is 11.6 Å². The van der Waals surface area contributed by atoms with Gasteiger partial charge in [-0.2, -0.15) is 0 Å². The van der Waals surface area contributed by atoms with Gasteiger partial charge >= 0.3 is 0 Å². The van der Waals surface area contributed by atoms with Crippen LogP contribution in [0.5, 0.6) is 5.75 Å². The summed E-state index contributed by atoms with van der Waals surface area (Å²) in [4.78, 5) is 0. The first-order chi connectivity index (χ1) is 8.27. The Morgan fingerprint density at radius 1 is 1.24 bits per heavy atom. The van der Waals surface area contributed by atoms with Gasteiger partial charge in [-0.1, -0.05) is 31.4 Å². The summed E-state index contributed by atoms with van der Waals surface area (Å²) in [6.07, 6.45) is 5.26. The van der Waals surface area contributed by atoms with Crippen molar-refractivity contribution in [2.45, 2.75) is 38.2 Å². The molecule has 1 saturated carbocycles. The third kappa shape index (κ3) is 3.43. The Kier molecular flexibility index (Phi) is 4.37. The van der Waals surface area contributed by atoms with Crippen molar-refractivity contribution in [3.8, 4) is 5.75 Å². The van der Waals surface area contributed by atoms with Crippen molar-refractivity contribution in [1.82, 2.24) is 0 Å². The molecule has 1 aromatic rings. The molecule has 0 bridgehead atoms. The molecular formula is C14H19FO2. The summed E-state index contributed by atoms with van der Waals surface area (Å²) in [6, 6.07) is 6.30. The van der Waals surface area contributed by atoms with Gasteiger partial charge in [-0.05, 0) is 30.9 Å². The van der Waals surface area contributed by atoms with Gasteiger partial charge in [0.2, 0.25) is 0 Å². The van der Waals surface area contributed by atoms with E-state index in [1.54, 1.807) is 18.2 Å². The zero-order chi connectivity index (χ0) is 12.1. The second kappa shape index (κ2) is 6.01. The fourth-order valence-corrected chi connectivity index (χ4v) is 2.39. The highest BCUT2D eigenvalue weighted by molar-refractivity contribution is 5.23. The molecule has 0 amide bonds. The molecule has 0 saturated heterocycles. The molecule has 1 atom stereocenters. The third-order valence-corrected chi connectivity index (χ3v) is 3.44. The Labute approximate surface area is 101 Å². The number of aliphatic hydroxyl groups is 1. The number of para-hydroxylation sites is 1. The number of halogens is 1. The highest BCUT2D eigenvalue weighted by Gasteiger charge is 2.22. The fourth-order valence-electron chi connectivity index (χ4n) is 2.39. The molecule has 0 radical (unpaired) electrons. The van der Waals surface area contributed by atoms with E-state index in [1.165, 1.54) is 25.3 Å². The molecule has 0 spiro atoms. The van der Waals surface area contributed by atoms with Gasteiger partial charge in [-0.3, -0.25) is 0 Å².